The van der Waals surface area contributed by atoms with E-state index >= 15 is 0 Å². The van der Waals surface area contributed by atoms with E-state index in [1.54, 1.807) is 0 Å². The number of hydrogen-bond donors (Lipinski definition) is 3. The van der Waals surface area contributed by atoms with Gasteiger partial charge in [-0.3, -0.25) is 4.57 Å². The van der Waals surface area contributed by atoms with Gasteiger partial charge in [-0.1, -0.05) is 0 Å². The molecule has 14 heavy (non-hydrogen) atoms. The van der Waals surface area contributed by atoms with E-state index in [2.05, 4.69) is 11.2 Å². The Morgan fingerprint density at radius 2 is 1.93 bits per heavy atom. The van der Waals surface area contributed by atoms with Gasteiger partial charge in [0, 0.05) is 12.0 Å². The highest BCUT2D eigenvalue weighted by atomic mass is 31.2. The molecular weight excluding hydrogens is 201 g/mol. The van der Waals surface area contributed by atoms with Crippen LogP contribution in [0.5, 0.6) is 0 Å². The van der Waals surface area contributed by atoms with E-state index in [0.717, 1.165) is 25.7 Å². The van der Waals surface area contributed by atoms with Crippen LogP contribution in [0.4, 0.5) is 0 Å². The summed E-state index contributed by atoms with van der Waals surface area (Å²) in [7, 11) is -3.91. The molecule has 1 fully saturated rings. The Kier molecular flexibility index (Phi) is 4.15. The van der Waals surface area contributed by atoms with Crippen molar-refractivity contribution in [2.75, 3.05) is 6.29 Å². The Hall–Kier alpha value is -0.330. The van der Waals surface area contributed by atoms with Crippen LogP contribution in [0.2, 0.25) is 0 Å². The minimum atomic E-state index is -3.91. The first-order chi connectivity index (χ1) is 6.51. The standard InChI is InChI=1S/C9H16NO3P/c1-2-8-3-5-9(6-4-8)10-7-14(11,12)13/h1,8-10H,3-7H2,(H2,11,12,13). The molecule has 0 amide bonds. The molecule has 1 aliphatic rings. The highest BCUT2D eigenvalue weighted by Crippen LogP contribution is 2.33. The second kappa shape index (κ2) is 4.95. The minimum Gasteiger partial charge on any atom is -0.324 e. The lowest BCUT2D eigenvalue weighted by atomic mass is 9.87. The Labute approximate surface area is 84.3 Å². The van der Waals surface area contributed by atoms with E-state index in [-0.39, 0.29) is 12.3 Å². The molecule has 0 spiro atoms. The van der Waals surface area contributed by atoms with Crippen molar-refractivity contribution in [2.45, 2.75) is 31.7 Å². The van der Waals surface area contributed by atoms with E-state index in [9.17, 15) is 4.57 Å². The van der Waals surface area contributed by atoms with E-state index in [0.29, 0.717) is 5.92 Å². The van der Waals surface area contributed by atoms with Crippen molar-refractivity contribution in [2.24, 2.45) is 5.92 Å². The fraction of sp³-hybridized carbons (Fsp3) is 0.778. The van der Waals surface area contributed by atoms with Crippen LogP contribution in [-0.4, -0.2) is 22.1 Å². The molecule has 0 aromatic heterocycles. The van der Waals surface area contributed by atoms with Gasteiger partial charge in [0.2, 0.25) is 0 Å². The second-order valence-corrected chi connectivity index (χ2v) is 5.39. The molecule has 1 saturated carbocycles. The molecule has 0 aliphatic heterocycles. The SMILES string of the molecule is C#CC1CCC(NCP(=O)(O)O)CC1. The third kappa shape index (κ3) is 4.26. The Balaban J connectivity index is 2.23. The Bertz CT molecular complexity index is 260. The van der Waals surface area contributed by atoms with Crippen molar-refractivity contribution >= 4 is 7.60 Å². The minimum absolute atomic E-state index is 0.215. The van der Waals surface area contributed by atoms with Gasteiger partial charge >= 0.3 is 7.60 Å². The van der Waals surface area contributed by atoms with Gasteiger partial charge in [-0.15, -0.1) is 12.3 Å². The van der Waals surface area contributed by atoms with Gasteiger partial charge in [-0.05, 0) is 25.7 Å². The number of rotatable bonds is 3. The molecule has 1 rings (SSSR count). The molecule has 0 aromatic carbocycles. The fourth-order valence-corrected chi connectivity index (χ4v) is 2.21. The summed E-state index contributed by atoms with van der Waals surface area (Å²) < 4.78 is 10.6. The van der Waals surface area contributed by atoms with Crippen molar-refractivity contribution < 1.29 is 14.4 Å². The first kappa shape index (κ1) is 11.7. The van der Waals surface area contributed by atoms with Crippen LogP contribution >= 0.6 is 7.60 Å². The van der Waals surface area contributed by atoms with Crippen LogP contribution in [0.1, 0.15) is 25.7 Å². The smallest absolute Gasteiger partial charge is 0.324 e. The van der Waals surface area contributed by atoms with Crippen LogP contribution in [0.25, 0.3) is 0 Å². The molecule has 5 heteroatoms. The molecule has 0 bridgehead atoms. The Morgan fingerprint density at radius 1 is 1.36 bits per heavy atom. The first-order valence-electron chi connectivity index (χ1n) is 4.75. The average Bonchev–Trinajstić information content (AvgIpc) is 2.14. The van der Waals surface area contributed by atoms with Crippen molar-refractivity contribution in [1.82, 2.24) is 5.32 Å². The van der Waals surface area contributed by atoms with E-state index < -0.39 is 7.60 Å². The maximum absolute atomic E-state index is 10.6. The summed E-state index contributed by atoms with van der Waals surface area (Å²) in [5.41, 5.74) is 0. The predicted molar refractivity (Wildman–Crippen MR) is 54.6 cm³/mol. The summed E-state index contributed by atoms with van der Waals surface area (Å²) in [5.74, 6) is 3.07. The Morgan fingerprint density at radius 3 is 2.36 bits per heavy atom. The summed E-state index contributed by atoms with van der Waals surface area (Å²) in [6, 6.07) is 0.215. The highest BCUT2D eigenvalue weighted by Gasteiger charge is 2.21. The maximum atomic E-state index is 10.6. The highest BCUT2D eigenvalue weighted by molar-refractivity contribution is 7.51. The van der Waals surface area contributed by atoms with Crippen molar-refractivity contribution in [1.29, 1.82) is 0 Å². The molecule has 0 radical (unpaired) electrons. The monoisotopic (exact) mass is 217 g/mol. The van der Waals surface area contributed by atoms with Gasteiger partial charge < -0.3 is 15.1 Å². The van der Waals surface area contributed by atoms with Crippen LogP contribution in [0, 0.1) is 18.3 Å². The number of terminal acetylenes is 1. The normalized spacial score (nSPS) is 28.4. The van der Waals surface area contributed by atoms with E-state index in [1.807, 2.05) is 0 Å². The summed E-state index contributed by atoms with van der Waals surface area (Å²) in [6.45, 7) is 0. The largest absolute Gasteiger partial charge is 0.339 e. The van der Waals surface area contributed by atoms with Gasteiger partial charge in [0.05, 0.1) is 6.29 Å². The van der Waals surface area contributed by atoms with Gasteiger partial charge in [0.1, 0.15) is 0 Å². The van der Waals surface area contributed by atoms with Gasteiger partial charge in [0.25, 0.3) is 0 Å². The zero-order chi connectivity index (χ0) is 10.6. The molecular formula is C9H16NO3P. The quantitative estimate of drug-likeness (QED) is 0.485. The third-order valence-corrected chi connectivity index (χ3v) is 3.14. The molecule has 0 saturated heterocycles. The number of hydrogen-bond acceptors (Lipinski definition) is 2. The molecule has 0 heterocycles. The van der Waals surface area contributed by atoms with Crippen LogP contribution in [0.15, 0.2) is 0 Å². The second-order valence-electron chi connectivity index (χ2n) is 3.74. The van der Waals surface area contributed by atoms with Crippen LogP contribution in [-0.2, 0) is 4.57 Å². The van der Waals surface area contributed by atoms with Crippen LogP contribution < -0.4 is 5.32 Å². The zero-order valence-electron chi connectivity index (χ0n) is 8.02. The lowest BCUT2D eigenvalue weighted by Gasteiger charge is -2.26. The summed E-state index contributed by atoms with van der Waals surface area (Å²) in [5, 5.41) is 2.87. The molecule has 80 valence electrons. The third-order valence-electron chi connectivity index (χ3n) is 2.55. The zero-order valence-corrected chi connectivity index (χ0v) is 8.91. The number of nitrogens with one attached hydrogen (secondary N) is 1. The van der Waals surface area contributed by atoms with Gasteiger partial charge in [-0.2, -0.15) is 0 Å². The summed E-state index contributed by atoms with van der Waals surface area (Å²) in [4.78, 5) is 17.3. The molecule has 0 aromatic rings. The molecule has 1 aliphatic carbocycles. The van der Waals surface area contributed by atoms with Crippen molar-refractivity contribution in [3.63, 3.8) is 0 Å². The summed E-state index contributed by atoms with van der Waals surface area (Å²) >= 11 is 0. The summed E-state index contributed by atoms with van der Waals surface area (Å²) in [6.07, 6.45) is 8.80. The van der Waals surface area contributed by atoms with Crippen molar-refractivity contribution in [3.8, 4) is 12.3 Å². The lowest BCUT2D eigenvalue weighted by Crippen LogP contribution is -2.33. The van der Waals surface area contributed by atoms with E-state index in [1.165, 1.54) is 0 Å². The van der Waals surface area contributed by atoms with Gasteiger partial charge in [0.15, 0.2) is 0 Å². The average molecular weight is 217 g/mol. The van der Waals surface area contributed by atoms with Crippen LogP contribution in [0.3, 0.4) is 0 Å². The first-order valence-corrected chi connectivity index (χ1v) is 6.55. The molecule has 0 unspecified atom stereocenters. The topological polar surface area (TPSA) is 69.6 Å². The fourth-order valence-electron chi connectivity index (χ4n) is 1.71. The molecule has 4 nitrogen and oxygen atoms in total. The van der Waals surface area contributed by atoms with Gasteiger partial charge in [-0.25, -0.2) is 0 Å². The molecule has 3 N–H and O–H groups in total. The molecule has 0 atom stereocenters. The predicted octanol–water partition coefficient (Wildman–Crippen LogP) is 0.903. The van der Waals surface area contributed by atoms with E-state index in [4.69, 9.17) is 16.2 Å². The van der Waals surface area contributed by atoms with Crippen molar-refractivity contribution in [3.05, 3.63) is 0 Å². The lowest BCUT2D eigenvalue weighted by molar-refractivity contribution is 0.325. The maximum Gasteiger partial charge on any atom is 0.339 e.